The highest BCUT2D eigenvalue weighted by atomic mass is 19.1. The molecule has 0 aromatic heterocycles. The second-order valence-electron chi connectivity index (χ2n) is 3.58. The lowest BCUT2D eigenvalue weighted by molar-refractivity contribution is 0.174. The van der Waals surface area contributed by atoms with Gasteiger partial charge in [0.15, 0.2) is 11.5 Å². The Hall–Kier alpha value is -2.10. The first-order chi connectivity index (χ1) is 8.25. The molecule has 3 rings (SSSR count). The fraction of sp³-hybridized carbons (Fsp3) is 0.0769. The van der Waals surface area contributed by atoms with Crippen molar-refractivity contribution in [2.75, 3.05) is 6.79 Å². The van der Waals surface area contributed by atoms with Crippen molar-refractivity contribution in [3.05, 3.63) is 48.0 Å². The minimum Gasteiger partial charge on any atom is -0.454 e. The van der Waals surface area contributed by atoms with Gasteiger partial charge in [-0.3, -0.25) is 0 Å². The Morgan fingerprint density at radius 2 is 1.88 bits per heavy atom. The van der Waals surface area contributed by atoms with E-state index in [1.165, 1.54) is 12.1 Å². The molecule has 2 nitrogen and oxygen atoms in total. The minimum atomic E-state index is -0.719. The van der Waals surface area contributed by atoms with Crippen molar-refractivity contribution in [2.45, 2.75) is 0 Å². The summed E-state index contributed by atoms with van der Waals surface area (Å²) in [5, 5.41) is 0. The number of hydrogen-bond acceptors (Lipinski definition) is 2. The van der Waals surface area contributed by atoms with Gasteiger partial charge in [0.25, 0.3) is 0 Å². The van der Waals surface area contributed by atoms with Crippen LogP contribution in [0.25, 0.3) is 11.1 Å². The average Bonchev–Trinajstić information content (AvgIpc) is 2.76. The van der Waals surface area contributed by atoms with Crippen molar-refractivity contribution in [3.63, 3.8) is 0 Å². The Balaban J connectivity index is 2.16. The van der Waals surface area contributed by atoms with Gasteiger partial charge in [-0.25, -0.2) is 8.78 Å². The molecule has 4 heteroatoms. The van der Waals surface area contributed by atoms with Crippen LogP contribution in [-0.4, -0.2) is 6.79 Å². The van der Waals surface area contributed by atoms with Gasteiger partial charge in [-0.2, -0.15) is 0 Å². The number of halogens is 2. The number of fused-ring (bicyclic) bond motifs is 1. The Morgan fingerprint density at radius 1 is 1.06 bits per heavy atom. The molecule has 0 unspecified atom stereocenters. The summed E-state index contributed by atoms with van der Waals surface area (Å²) < 4.78 is 37.4. The first kappa shape index (κ1) is 10.1. The Bertz CT molecular complexity index is 561. The van der Waals surface area contributed by atoms with E-state index in [9.17, 15) is 8.78 Å². The molecule has 1 aliphatic heterocycles. The number of ether oxygens (including phenoxy) is 2. The van der Waals surface area contributed by atoms with Gasteiger partial charge in [0.2, 0.25) is 6.79 Å². The van der Waals surface area contributed by atoms with Crippen LogP contribution in [0.2, 0.25) is 0 Å². The fourth-order valence-corrected chi connectivity index (χ4v) is 1.76. The third kappa shape index (κ3) is 1.62. The van der Waals surface area contributed by atoms with Gasteiger partial charge in [-0.15, -0.1) is 0 Å². The predicted molar refractivity (Wildman–Crippen MR) is 56.8 cm³/mol. The highest BCUT2D eigenvalue weighted by Gasteiger charge is 2.17. The van der Waals surface area contributed by atoms with E-state index in [0.29, 0.717) is 17.1 Å². The lowest BCUT2D eigenvalue weighted by Crippen LogP contribution is -1.93. The molecule has 0 amide bonds. The molecular weight excluding hydrogens is 226 g/mol. The van der Waals surface area contributed by atoms with Crippen molar-refractivity contribution >= 4 is 0 Å². The molecule has 1 aliphatic rings. The van der Waals surface area contributed by atoms with Crippen molar-refractivity contribution in [3.8, 4) is 22.6 Å². The van der Waals surface area contributed by atoms with Gasteiger partial charge in [-0.05, 0) is 29.8 Å². The average molecular weight is 233 g/mol. The van der Waals surface area contributed by atoms with E-state index in [1.54, 1.807) is 18.2 Å². The molecule has 0 bridgehead atoms. The SMILES string of the molecule is Fc1[c]ccc(F)c1-c1ccc2c(c1)OCO2. The van der Waals surface area contributed by atoms with Gasteiger partial charge in [0.05, 0.1) is 5.56 Å². The first-order valence-electron chi connectivity index (χ1n) is 5.01. The van der Waals surface area contributed by atoms with Crippen LogP contribution in [0.3, 0.4) is 0 Å². The third-order valence-corrected chi connectivity index (χ3v) is 2.56. The summed E-state index contributed by atoms with van der Waals surface area (Å²) in [5.74, 6) is -0.274. The van der Waals surface area contributed by atoms with Crippen LogP contribution in [0.5, 0.6) is 11.5 Å². The lowest BCUT2D eigenvalue weighted by atomic mass is 10.0. The topological polar surface area (TPSA) is 18.5 Å². The summed E-state index contributed by atoms with van der Waals surface area (Å²) in [6.45, 7) is 0.130. The minimum absolute atomic E-state index is 0.106. The van der Waals surface area contributed by atoms with Crippen LogP contribution in [0.4, 0.5) is 8.78 Å². The van der Waals surface area contributed by atoms with E-state index < -0.39 is 11.6 Å². The maximum Gasteiger partial charge on any atom is 0.231 e. The van der Waals surface area contributed by atoms with Crippen LogP contribution in [0, 0.1) is 17.7 Å². The molecule has 0 spiro atoms. The van der Waals surface area contributed by atoms with Crippen LogP contribution < -0.4 is 9.47 Å². The number of benzene rings is 2. The molecule has 0 aliphatic carbocycles. The molecule has 0 saturated heterocycles. The number of hydrogen-bond donors (Lipinski definition) is 0. The maximum atomic E-state index is 13.6. The van der Waals surface area contributed by atoms with Crippen LogP contribution in [-0.2, 0) is 0 Å². The number of rotatable bonds is 1. The summed E-state index contributed by atoms with van der Waals surface area (Å²) in [7, 11) is 0. The Labute approximate surface area is 96.4 Å². The zero-order valence-electron chi connectivity index (χ0n) is 8.67. The van der Waals surface area contributed by atoms with Crippen LogP contribution in [0.1, 0.15) is 0 Å². The summed E-state index contributed by atoms with van der Waals surface area (Å²) in [6, 6.07) is 9.48. The summed E-state index contributed by atoms with van der Waals surface area (Å²) in [4.78, 5) is 0. The lowest BCUT2D eigenvalue weighted by Gasteiger charge is -2.05. The van der Waals surface area contributed by atoms with Crippen molar-refractivity contribution < 1.29 is 18.3 Å². The second kappa shape index (κ2) is 3.73. The molecule has 2 aromatic carbocycles. The smallest absolute Gasteiger partial charge is 0.231 e. The van der Waals surface area contributed by atoms with Gasteiger partial charge in [0.1, 0.15) is 11.6 Å². The molecule has 17 heavy (non-hydrogen) atoms. The van der Waals surface area contributed by atoms with Gasteiger partial charge >= 0.3 is 0 Å². The molecule has 1 radical (unpaired) electrons. The highest BCUT2D eigenvalue weighted by molar-refractivity contribution is 5.68. The Morgan fingerprint density at radius 3 is 2.71 bits per heavy atom. The van der Waals surface area contributed by atoms with Crippen LogP contribution >= 0.6 is 0 Å². The molecule has 0 saturated carbocycles. The molecule has 2 aromatic rings. The zero-order valence-corrected chi connectivity index (χ0v) is 8.67. The summed E-state index contributed by atoms with van der Waals surface area (Å²) >= 11 is 0. The van der Waals surface area contributed by atoms with Crippen molar-refractivity contribution in [1.29, 1.82) is 0 Å². The van der Waals surface area contributed by atoms with E-state index in [0.717, 1.165) is 0 Å². The normalized spacial score (nSPS) is 12.8. The molecule has 0 N–H and O–H groups in total. The van der Waals surface area contributed by atoms with E-state index in [-0.39, 0.29) is 12.4 Å². The maximum absolute atomic E-state index is 13.6. The molecule has 0 fully saturated rings. The second-order valence-corrected chi connectivity index (χ2v) is 3.58. The van der Waals surface area contributed by atoms with Gasteiger partial charge in [0, 0.05) is 6.07 Å². The third-order valence-electron chi connectivity index (χ3n) is 2.56. The van der Waals surface area contributed by atoms with Gasteiger partial charge in [-0.1, -0.05) is 6.07 Å². The molecule has 85 valence electrons. The predicted octanol–water partition coefficient (Wildman–Crippen LogP) is 3.16. The van der Waals surface area contributed by atoms with E-state index >= 15 is 0 Å². The van der Waals surface area contributed by atoms with E-state index in [1.807, 2.05) is 0 Å². The van der Waals surface area contributed by atoms with E-state index in [4.69, 9.17) is 9.47 Å². The first-order valence-corrected chi connectivity index (χ1v) is 5.01. The highest BCUT2D eigenvalue weighted by Crippen LogP contribution is 2.37. The zero-order chi connectivity index (χ0) is 11.8. The van der Waals surface area contributed by atoms with Gasteiger partial charge < -0.3 is 9.47 Å². The van der Waals surface area contributed by atoms with Crippen LogP contribution in [0.15, 0.2) is 30.3 Å². The van der Waals surface area contributed by atoms with Crippen molar-refractivity contribution in [1.82, 2.24) is 0 Å². The standard InChI is InChI=1S/C13H7F2O2/c14-9-2-1-3-10(15)13(9)8-4-5-11-12(6-8)17-7-16-11/h1-2,4-6H,7H2. The summed E-state index contributed by atoms with van der Waals surface area (Å²) in [6.07, 6.45) is 0. The Kier molecular flexibility index (Phi) is 2.21. The largest absolute Gasteiger partial charge is 0.454 e. The molecular formula is C13H7F2O2. The van der Waals surface area contributed by atoms with Crippen molar-refractivity contribution in [2.24, 2.45) is 0 Å². The quantitative estimate of drug-likeness (QED) is 0.753. The van der Waals surface area contributed by atoms with E-state index in [2.05, 4.69) is 6.07 Å². The fourth-order valence-electron chi connectivity index (χ4n) is 1.76. The monoisotopic (exact) mass is 233 g/mol. The summed E-state index contributed by atoms with van der Waals surface area (Å²) in [5.41, 5.74) is 0.298. The molecule has 1 heterocycles. The molecule has 0 atom stereocenters.